The fourth-order valence-corrected chi connectivity index (χ4v) is 2.28. The van der Waals surface area contributed by atoms with Crippen molar-refractivity contribution in [3.8, 4) is 5.88 Å². The summed E-state index contributed by atoms with van der Waals surface area (Å²) in [6.45, 7) is 1.16. The molecule has 1 aliphatic carbocycles. The van der Waals surface area contributed by atoms with E-state index in [-0.39, 0.29) is 18.1 Å². The Hall–Kier alpha value is -2.69. The zero-order valence-electron chi connectivity index (χ0n) is 14.0. The number of carbonyl (C=O) groups is 1. The summed E-state index contributed by atoms with van der Waals surface area (Å²) in [5, 5.41) is 2.87. The lowest BCUT2D eigenvalue weighted by atomic mass is 10.2. The van der Waals surface area contributed by atoms with Gasteiger partial charge in [0.05, 0.1) is 6.61 Å². The van der Waals surface area contributed by atoms with E-state index >= 15 is 0 Å². The van der Waals surface area contributed by atoms with Crippen molar-refractivity contribution in [2.45, 2.75) is 25.8 Å². The number of carbonyl (C=O) groups excluding carboxylic acids is 1. The van der Waals surface area contributed by atoms with E-state index in [1.54, 1.807) is 30.5 Å². The van der Waals surface area contributed by atoms with Crippen LogP contribution in [0.3, 0.4) is 0 Å². The van der Waals surface area contributed by atoms with Crippen LogP contribution in [0.25, 0.3) is 6.08 Å². The van der Waals surface area contributed by atoms with Crippen LogP contribution in [0.15, 0.2) is 48.7 Å². The Labute approximate surface area is 146 Å². The predicted octanol–water partition coefficient (Wildman–Crippen LogP) is 3.73. The first kappa shape index (κ1) is 17.1. The van der Waals surface area contributed by atoms with Gasteiger partial charge in [-0.2, -0.15) is 0 Å². The molecule has 0 bridgehead atoms. The van der Waals surface area contributed by atoms with Gasteiger partial charge in [0, 0.05) is 25.2 Å². The molecule has 0 unspecified atom stereocenters. The van der Waals surface area contributed by atoms with Crippen LogP contribution in [0.5, 0.6) is 5.88 Å². The maximum atomic E-state index is 12.8. The number of hydrogen-bond acceptors (Lipinski definition) is 3. The van der Waals surface area contributed by atoms with Crippen molar-refractivity contribution in [1.29, 1.82) is 0 Å². The van der Waals surface area contributed by atoms with Crippen molar-refractivity contribution < 1.29 is 13.9 Å². The minimum absolute atomic E-state index is 0.0735. The monoisotopic (exact) mass is 340 g/mol. The van der Waals surface area contributed by atoms with Crippen LogP contribution in [0, 0.1) is 11.7 Å². The highest BCUT2D eigenvalue weighted by atomic mass is 19.1. The van der Waals surface area contributed by atoms with Crippen LogP contribution < -0.4 is 10.1 Å². The van der Waals surface area contributed by atoms with Gasteiger partial charge >= 0.3 is 0 Å². The number of hydrogen-bond donors (Lipinski definition) is 1. The Morgan fingerprint density at radius 1 is 1.28 bits per heavy atom. The van der Waals surface area contributed by atoms with Crippen molar-refractivity contribution in [1.82, 2.24) is 10.3 Å². The Morgan fingerprint density at radius 3 is 2.84 bits per heavy atom. The quantitative estimate of drug-likeness (QED) is 0.797. The molecule has 1 saturated carbocycles. The number of nitrogens with one attached hydrogen (secondary N) is 1. The van der Waals surface area contributed by atoms with Gasteiger partial charge in [0.15, 0.2) is 0 Å². The average molecular weight is 340 g/mol. The third-order valence-electron chi connectivity index (χ3n) is 3.94. The Kier molecular flexibility index (Phi) is 5.77. The molecule has 1 N–H and O–H groups in total. The summed E-state index contributed by atoms with van der Waals surface area (Å²) in [7, 11) is 0. The lowest BCUT2D eigenvalue weighted by molar-refractivity contribution is -0.120. The number of benzene rings is 1. The predicted molar refractivity (Wildman–Crippen MR) is 94.4 cm³/mol. The molecule has 1 fully saturated rings. The van der Waals surface area contributed by atoms with Crippen LogP contribution in [0.4, 0.5) is 4.39 Å². The highest BCUT2D eigenvalue weighted by Crippen LogP contribution is 2.29. The second-order valence-electron chi connectivity index (χ2n) is 6.19. The normalized spacial score (nSPS) is 13.8. The van der Waals surface area contributed by atoms with Gasteiger partial charge in [-0.25, -0.2) is 9.37 Å². The first-order chi connectivity index (χ1) is 12.2. The molecule has 1 amide bonds. The van der Waals surface area contributed by atoms with Crippen molar-refractivity contribution in [2.24, 2.45) is 5.92 Å². The maximum absolute atomic E-state index is 12.8. The molecule has 4 nitrogen and oxygen atoms in total. The smallest absolute Gasteiger partial charge is 0.224 e. The molecule has 130 valence electrons. The van der Waals surface area contributed by atoms with E-state index in [1.165, 1.54) is 25.0 Å². The highest BCUT2D eigenvalue weighted by molar-refractivity contribution is 5.78. The fourth-order valence-electron chi connectivity index (χ4n) is 2.28. The standard InChI is InChI=1S/C20H21FN2O2/c21-18-8-6-15(7-9-18)2-1-3-19(24)23-13-17-10-11-22-20(12-17)25-14-16-4-5-16/h1-2,6-12,16H,3-5,13-14H2,(H,23,24)/b2-1-. The Balaban J connectivity index is 1.42. The third kappa shape index (κ3) is 6.03. The number of pyridine rings is 1. The molecular weight excluding hydrogens is 319 g/mol. The van der Waals surface area contributed by atoms with Gasteiger partial charge in [-0.1, -0.05) is 24.3 Å². The van der Waals surface area contributed by atoms with E-state index in [1.807, 2.05) is 12.1 Å². The van der Waals surface area contributed by atoms with E-state index in [2.05, 4.69) is 10.3 Å². The van der Waals surface area contributed by atoms with E-state index in [4.69, 9.17) is 4.74 Å². The second-order valence-corrected chi connectivity index (χ2v) is 6.19. The Morgan fingerprint density at radius 2 is 2.08 bits per heavy atom. The lowest BCUT2D eigenvalue weighted by Gasteiger charge is -2.07. The van der Waals surface area contributed by atoms with Gasteiger partial charge in [0.2, 0.25) is 11.8 Å². The molecule has 25 heavy (non-hydrogen) atoms. The van der Waals surface area contributed by atoms with Gasteiger partial charge in [0.25, 0.3) is 0 Å². The third-order valence-corrected chi connectivity index (χ3v) is 3.94. The second kappa shape index (κ2) is 8.42. The van der Waals surface area contributed by atoms with Crippen LogP contribution >= 0.6 is 0 Å². The van der Waals surface area contributed by atoms with Crippen molar-refractivity contribution in [2.75, 3.05) is 6.61 Å². The number of halogens is 1. The molecule has 5 heteroatoms. The van der Waals surface area contributed by atoms with Crippen LogP contribution in [-0.2, 0) is 11.3 Å². The lowest BCUT2D eigenvalue weighted by Crippen LogP contribution is -2.21. The first-order valence-corrected chi connectivity index (χ1v) is 8.45. The molecule has 1 heterocycles. The average Bonchev–Trinajstić information content (AvgIpc) is 3.45. The van der Waals surface area contributed by atoms with E-state index in [0.717, 1.165) is 17.7 Å². The summed E-state index contributed by atoms with van der Waals surface area (Å²) in [6.07, 6.45) is 8.00. The van der Waals surface area contributed by atoms with E-state index in [9.17, 15) is 9.18 Å². The summed E-state index contributed by atoms with van der Waals surface area (Å²) in [4.78, 5) is 16.1. The van der Waals surface area contributed by atoms with Gasteiger partial charge < -0.3 is 10.1 Å². The molecule has 0 spiro atoms. The van der Waals surface area contributed by atoms with Crippen LogP contribution in [0.1, 0.15) is 30.4 Å². The number of aromatic nitrogens is 1. The molecule has 1 aliphatic rings. The molecule has 1 aromatic carbocycles. The van der Waals surface area contributed by atoms with Crippen molar-refractivity contribution >= 4 is 12.0 Å². The number of amides is 1. The molecule has 0 aliphatic heterocycles. The number of nitrogens with zero attached hydrogens (tertiary/aromatic N) is 1. The van der Waals surface area contributed by atoms with Crippen molar-refractivity contribution in [3.05, 3.63) is 65.6 Å². The largest absolute Gasteiger partial charge is 0.477 e. The Bertz CT molecular complexity index is 740. The van der Waals surface area contributed by atoms with E-state index < -0.39 is 0 Å². The number of rotatable bonds is 8. The maximum Gasteiger partial charge on any atom is 0.224 e. The summed E-state index contributed by atoms with van der Waals surface area (Å²) >= 11 is 0. The molecule has 2 aromatic rings. The van der Waals surface area contributed by atoms with Gasteiger partial charge in [0.1, 0.15) is 5.82 Å². The summed E-state index contributed by atoms with van der Waals surface area (Å²) in [5.74, 6) is 0.941. The minimum Gasteiger partial charge on any atom is -0.477 e. The minimum atomic E-state index is -0.271. The number of ether oxygens (including phenoxy) is 1. The molecule has 1 aromatic heterocycles. The van der Waals surface area contributed by atoms with Crippen LogP contribution in [-0.4, -0.2) is 17.5 Å². The summed E-state index contributed by atoms with van der Waals surface area (Å²) < 4.78 is 18.5. The zero-order valence-corrected chi connectivity index (χ0v) is 14.0. The SMILES string of the molecule is O=C(C/C=C\c1ccc(F)cc1)NCc1ccnc(OCC2CC2)c1. The summed E-state index contributed by atoms with van der Waals surface area (Å²) in [6, 6.07) is 9.85. The van der Waals surface area contributed by atoms with Gasteiger partial charge in [-0.05, 0) is 48.1 Å². The van der Waals surface area contributed by atoms with Gasteiger partial charge in [-0.15, -0.1) is 0 Å². The molecular formula is C20H21FN2O2. The fraction of sp³-hybridized carbons (Fsp3) is 0.300. The first-order valence-electron chi connectivity index (χ1n) is 8.45. The topological polar surface area (TPSA) is 51.2 Å². The van der Waals surface area contributed by atoms with Crippen molar-refractivity contribution in [3.63, 3.8) is 0 Å². The molecule has 3 rings (SSSR count). The van der Waals surface area contributed by atoms with Gasteiger partial charge in [-0.3, -0.25) is 4.79 Å². The zero-order chi connectivity index (χ0) is 17.5. The summed E-state index contributed by atoms with van der Waals surface area (Å²) in [5.41, 5.74) is 1.82. The molecule has 0 atom stereocenters. The highest BCUT2D eigenvalue weighted by Gasteiger charge is 2.22. The van der Waals surface area contributed by atoms with Crippen LogP contribution in [0.2, 0.25) is 0 Å². The molecule has 0 saturated heterocycles. The molecule has 0 radical (unpaired) electrons. The van der Waals surface area contributed by atoms with E-state index in [0.29, 0.717) is 18.3 Å².